The lowest BCUT2D eigenvalue weighted by Crippen LogP contribution is -3.04. The largest absolute Gasteiger partial charge is 0.348 e. The molecule has 2 aromatic carbocycles. The van der Waals surface area contributed by atoms with Crippen molar-refractivity contribution in [3.8, 4) is 0 Å². The Morgan fingerprint density at radius 2 is 1.59 bits per heavy atom. The van der Waals surface area contributed by atoms with Gasteiger partial charge in [0.15, 0.2) is 0 Å². The second-order valence-electron chi connectivity index (χ2n) is 7.45. The van der Waals surface area contributed by atoms with Gasteiger partial charge in [-0.05, 0) is 30.2 Å². The molecule has 0 radical (unpaired) electrons. The number of hydrogen-bond acceptors (Lipinski definition) is 3. The number of quaternary nitrogens is 1. The quantitative estimate of drug-likeness (QED) is 0.650. The zero-order chi connectivity index (χ0) is 21.6. The highest BCUT2D eigenvalue weighted by atomic mass is 32.2. The summed E-state index contributed by atoms with van der Waals surface area (Å²) in [6.07, 6.45) is 0. The number of amides is 1. The van der Waals surface area contributed by atoms with Gasteiger partial charge in [-0.3, -0.25) is 4.79 Å². The number of aryl methyl sites for hydroxylation is 1. The molecule has 0 spiro atoms. The van der Waals surface area contributed by atoms with Crippen LogP contribution in [-0.4, -0.2) is 45.8 Å². The molecule has 0 atom stereocenters. The molecule has 0 aromatic heterocycles. The number of nitrogens with zero attached hydrogens (tertiary/aromatic N) is 1. The van der Waals surface area contributed by atoms with Crippen LogP contribution in [0.1, 0.15) is 40.9 Å². The summed E-state index contributed by atoms with van der Waals surface area (Å²) in [5.41, 5.74) is 3.36. The monoisotopic (exact) mass is 418 g/mol. The van der Waals surface area contributed by atoms with Crippen LogP contribution >= 0.6 is 0 Å². The molecule has 0 aliphatic rings. The molecule has 29 heavy (non-hydrogen) atoms. The minimum atomic E-state index is -3.60. The molecular formula is C22H32N3O3S+. The van der Waals surface area contributed by atoms with Crippen molar-refractivity contribution in [3.05, 3.63) is 64.7 Å². The van der Waals surface area contributed by atoms with Gasteiger partial charge < -0.3 is 10.2 Å². The maximum Gasteiger partial charge on any atom is 0.251 e. The molecule has 0 saturated carbocycles. The van der Waals surface area contributed by atoms with Crippen LogP contribution in [0.2, 0.25) is 0 Å². The van der Waals surface area contributed by atoms with E-state index < -0.39 is 10.0 Å². The predicted octanol–water partition coefficient (Wildman–Crippen LogP) is 1.60. The first-order valence-electron chi connectivity index (χ1n) is 9.94. The average molecular weight is 419 g/mol. The molecule has 0 aliphatic carbocycles. The van der Waals surface area contributed by atoms with E-state index in [1.54, 1.807) is 32.9 Å². The predicted molar refractivity (Wildman–Crippen MR) is 115 cm³/mol. The fraction of sp³-hybridized carbons (Fsp3) is 0.409. The van der Waals surface area contributed by atoms with Crippen molar-refractivity contribution >= 4 is 15.9 Å². The van der Waals surface area contributed by atoms with Gasteiger partial charge >= 0.3 is 0 Å². The van der Waals surface area contributed by atoms with Crippen molar-refractivity contribution in [1.29, 1.82) is 0 Å². The van der Waals surface area contributed by atoms with Crippen molar-refractivity contribution in [2.75, 3.05) is 27.2 Å². The van der Waals surface area contributed by atoms with Gasteiger partial charge in [-0.15, -0.1) is 0 Å². The highest BCUT2D eigenvalue weighted by Crippen LogP contribution is 2.19. The lowest BCUT2D eigenvalue weighted by atomic mass is 10.1. The van der Waals surface area contributed by atoms with E-state index in [0.717, 1.165) is 17.7 Å². The number of sulfonamides is 1. The average Bonchev–Trinajstić information content (AvgIpc) is 2.67. The van der Waals surface area contributed by atoms with E-state index in [4.69, 9.17) is 0 Å². The van der Waals surface area contributed by atoms with E-state index in [-0.39, 0.29) is 10.8 Å². The molecule has 158 valence electrons. The second kappa shape index (κ2) is 10.0. The van der Waals surface area contributed by atoms with Gasteiger partial charge in [-0.25, -0.2) is 8.42 Å². The molecule has 6 nitrogen and oxygen atoms in total. The molecule has 0 bridgehead atoms. The molecule has 1 amide bonds. The van der Waals surface area contributed by atoms with Crippen molar-refractivity contribution in [2.45, 2.75) is 38.8 Å². The summed E-state index contributed by atoms with van der Waals surface area (Å²) in [5, 5.41) is 2.90. The lowest BCUT2D eigenvalue weighted by molar-refractivity contribution is -0.872. The Labute approximate surface area is 174 Å². The van der Waals surface area contributed by atoms with Crippen LogP contribution in [-0.2, 0) is 23.1 Å². The molecule has 2 rings (SSSR count). The summed E-state index contributed by atoms with van der Waals surface area (Å²) >= 11 is 0. The lowest BCUT2D eigenvalue weighted by Gasteiger charge is -2.19. The van der Waals surface area contributed by atoms with Crippen molar-refractivity contribution in [2.24, 2.45) is 0 Å². The number of carbonyl (C=O) groups is 1. The van der Waals surface area contributed by atoms with Crippen molar-refractivity contribution in [3.63, 3.8) is 0 Å². The minimum Gasteiger partial charge on any atom is -0.348 e. The summed E-state index contributed by atoms with van der Waals surface area (Å²) in [6.45, 7) is 7.52. The SMILES string of the molecule is CCN(CC)S(=O)(=O)c1ccc(C)c(C(=O)NCc2ccc(C[NH+](C)C)cc2)c1. The van der Waals surface area contributed by atoms with Crippen LogP contribution in [0.4, 0.5) is 0 Å². The summed E-state index contributed by atoms with van der Waals surface area (Å²) < 4.78 is 26.9. The Morgan fingerprint density at radius 3 is 2.14 bits per heavy atom. The van der Waals surface area contributed by atoms with Crippen LogP contribution in [0.5, 0.6) is 0 Å². The highest BCUT2D eigenvalue weighted by molar-refractivity contribution is 7.89. The topological polar surface area (TPSA) is 70.9 Å². The van der Waals surface area contributed by atoms with Crippen LogP contribution in [0.25, 0.3) is 0 Å². The minimum absolute atomic E-state index is 0.146. The number of hydrogen-bond donors (Lipinski definition) is 2. The number of benzene rings is 2. The summed E-state index contributed by atoms with van der Waals surface area (Å²) in [5.74, 6) is -0.277. The number of rotatable bonds is 9. The highest BCUT2D eigenvalue weighted by Gasteiger charge is 2.23. The van der Waals surface area contributed by atoms with Gasteiger partial charge in [0.1, 0.15) is 6.54 Å². The molecule has 0 heterocycles. The first kappa shape index (κ1) is 23.1. The summed E-state index contributed by atoms with van der Waals surface area (Å²) in [7, 11) is 0.600. The molecule has 2 aromatic rings. The Bertz CT molecular complexity index is 934. The third-order valence-electron chi connectivity index (χ3n) is 4.83. The zero-order valence-corrected chi connectivity index (χ0v) is 18.8. The van der Waals surface area contributed by atoms with E-state index in [1.165, 1.54) is 20.8 Å². The molecule has 7 heteroatoms. The standard InChI is InChI=1S/C22H31N3O3S/c1-6-25(7-2)29(27,28)20-13-8-17(3)21(14-20)22(26)23-15-18-9-11-19(12-10-18)16-24(4)5/h8-14H,6-7,15-16H2,1-5H3,(H,23,26)/p+1. The van der Waals surface area contributed by atoms with Crippen LogP contribution in [0.3, 0.4) is 0 Å². The molecule has 0 unspecified atom stereocenters. The zero-order valence-electron chi connectivity index (χ0n) is 18.0. The maximum atomic E-state index is 12.8. The van der Waals surface area contributed by atoms with Crippen LogP contribution in [0.15, 0.2) is 47.4 Å². The normalized spacial score (nSPS) is 11.8. The number of nitrogens with one attached hydrogen (secondary N) is 2. The first-order valence-corrected chi connectivity index (χ1v) is 11.4. The summed E-state index contributed by atoms with van der Waals surface area (Å²) in [4.78, 5) is 14.2. The molecular weight excluding hydrogens is 386 g/mol. The fourth-order valence-electron chi connectivity index (χ4n) is 3.18. The van der Waals surface area contributed by atoms with Crippen LogP contribution < -0.4 is 10.2 Å². The van der Waals surface area contributed by atoms with E-state index in [0.29, 0.717) is 25.2 Å². The van der Waals surface area contributed by atoms with Gasteiger partial charge in [0.05, 0.1) is 19.0 Å². The molecule has 0 fully saturated rings. The van der Waals surface area contributed by atoms with Gasteiger partial charge in [0, 0.05) is 30.8 Å². The van der Waals surface area contributed by atoms with Gasteiger partial charge in [-0.2, -0.15) is 4.31 Å². The third-order valence-corrected chi connectivity index (χ3v) is 6.88. The van der Waals surface area contributed by atoms with Gasteiger partial charge in [0.25, 0.3) is 5.91 Å². The Balaban J connectivity index is 2.15. The van der Waals surface area contributed by atoms with Crippen LogP contribution in [0, 0.1) is 6.92 Å². The van der Waals surface area contributed by atoms with Crippen molar-refractivity contribution < 1.29 is 18.1 Å². The smallest absolute Gasteiger partial charge is 0.251 e. The van der Waals surface area contributed by atoms with Crippen molar-refractivity contribution in [1.82, 2.24) is 9.62 Å². The maximum absolute atomic E-state index is 12.8. The van der Waals surface area contributed by atoms with E-state index in [9.17, 15) is 13.2 Å². The molecule has 2 N–H and O–H groups in total. The van der Waals surface area contributed by atoms with Gasteiger partial charge in [0.2, 0.25) is 10.0 Å². The summed E-state index contributed by atoms with van der Waals surface area (Å²) in [6, 6.07) is 12.9. The Kier molecular flexibility index (Phi) is 7.96. The van der Waals surface area contributed by atoms with E-state index in [2.05, 4.69) is 31.5 Å². The molecule has 0 aliphatic heterocycles. The number of carbonyl (C=O) groups excluding carboxylic acids is 1. The Hall–Kier alpha value is -2.22. The fourth-order valence-corrected chi connectivity index (χ4v) is 4.66. The first-order chi connectivity index (χ1) is 13.7. The molecule has 0 saturated heterocycles. The van der Waals surface area contributed by atoms with Gasteiger partial charge in [-0.1, -0.05) is 44.2 Å². The second-order valence-corrected chi connectivity index (χ2v) is 9.39. The van der Waals surface area contributed by atoms with E-state index >= 15 is 0 Å². The van der Waals surface area contributed by atoms with E-state index in [1.807, 2.05) is 12.1 Å². The Morgan fingerprint density at radius 1 is 1.00 bits per heavy atom. The third kappa shape index (κ3) is 5.88.